The van der Waals surface area contributed by atoms with Crippen molar-refractivity contribution in [2.24, 2.45) is 21.8 Å². The zero-order valence-corrected chi connectivity index (χ0v) is 11.9. The van der Waals surface area contributed by atoms with E-state index in [4.69, 9.17) is 0 Å². The van der Waals surface area contributed by atoms with Crippen LogP contribution in [0.1, 0.15) is 38.7 Å². The van der Waals surface area contributed by atoms with Gasteiger partial charge in [0.25, 0.3) is 0 Å². The van der Waals surface area contributed by atoms with Crippen LogP contribution in [0.3, 0.4) is 0 Å². The quantitative estimate of drug-likeness (QED) is 0.648. The fourth-order valence-corrected chi connectivity index (χ4v) is 2.90. The number of nitrogens with zero attached hydrogens (tertiary/aromatic N) is 2. The van der Waals surface area contributed by atoms with Crippen LogP contribution in [0.4, 0.5) is 0 Å². The zero-order chi connectivity index (χ0) is 13.5. The third kappa shape index (κ3) is 3.69. The van der Waals surface area contributed by atoms with Gasteiger partial charge < -0.3 is 0 Å². The van der Waals surface area contributed by atoms with Gasteiger partial charge >= 0.3 is 0 Å². The van der Waals surface area contributed by atoms with E-state index in [1.54, 1.807) is 0 Å². The Bertz CT molecular complexity index is 410. The molecule has 1 aromatic rings. The monoisotopic (exact) mass is 255 g/mol. The molecule has 2 heteroatoms. The smallest absolute Gasteiger partial charge is 0.0965 e. The molecule has 0 aromatic heterocycles. The summed E-state index contributed by atoms with van der Waals surface area (Å²) < 4.78 is 0. The molecule has 0 N–H and O–H groups in total. The molecule has 0 amide bonds. The second-order valence-electron chi connectivity index (χ2n) is 5.17. The highest BCUT2D eigenvalue weighted by molar-refractivity contribution is 6.18. The number of hydrogen-bond donors (Lipinski definition) is 0. The first kappa shape index (κ1) is 13.9. The van der Waals surface area contributed by atoms with Gasteiger partial charge in [-0.15, -0.1) is 0 Å². The maximum absolute atomic E-state index is 4.42. The second-order valence-corrected chi connectivity index (χ2v) is 5.17. The van der Waals surface area contributed by atoms with Crippen LogP contribution in [-0.4, -0.2) is 12.4 Å². The van der Waals surface area contributed by atoms with Crippen molar-refractivity contribution < 1.29 is 0 Å². The number of hydrogen-bond acceptors (Lipinski definition) is 2. The predicted molar refractivity (Wildman–Crippen MR) is 82.6 cm³/mol. The zero-order valence-electron chi connectivity index (χ0n) is 11.9. The van der Waals surface area contributed by atoms with Crippen molar-refractivity contribution in [3.05, 3.63) is 42.1 Å². The van der Waals surface area contributed by atoms with Crippen LogP contribution in [0, 0.1) is 18.0 Å². The van der Waals surface area contributed by atoms with E-state index in [9.17, 15) is 0 Å². The minimum atomic E-state index is 0.482. The van der Waals surface area contributed by atoms with Gasteiger partial charge in [0, 0.05) is 0 Å². The molecule has 2 atom stereocenters. The van der Waals surface area contributed by atoms with Gasteiger partial charge in [0.1, 0.15) is 0 Å². The minimum absolute atomic E-state index is 0.482. The van der Waals surface area contributed by atoms with Crippen LogP contribution in [0.2, 0.25) is 0 Å². The summed E-state index contributed by atoms with van der Waals surface area (Å²) >= 11 is 0. The summed E-state index contributed by atoms with van der Waals surface area (Å²) in [4.78, 5) is 8.84. The average Bonchev–Trinajstić information content (AvgIpc) is 2.95. The molecule has 1 aromatic carbocycles. The lowest BCUT2D eigenvalue weighted by Crippen LogP contribution is -2.21. The topological polar surface area (TPSA) is 24.7 Å². The summed E-state index contributed by atoms with van der Waals surface area (Å²) in [5.41, 5.74) is 1.42. The van der Waals surface area contributed by atoms with Crippen LogP contribution < -0.4 is 0 Å². The highest BCUT2D eigenvalue weighted by Gasteiger charge is 2.33. The van der Waals surface area contributed by atoms with Crippen LogP contribution in [0.15, 0.2) is 40.3 Å². The van der Waals surface area contributed by atoms with Crippen LogP contribution >= 0.6 is 0 Å². The van der Waals surface area contributed by atoms with Gasteiger partial charge in [0.2, 0.25) is 6.17 Å². The van der Waals surface area contributed by atoms with Crippen LogP contribution in [0.25, 0.3) is 0 Å². The Morgan fingerprint density at radius 1 is 1.05 bits per heavy atom. The predicted octanol–water partition coefficient (Wildman–Crippen LogP) is 4.32. The molecule has 0 fully saturated rings. The van der Waals surface area contributed by atoms with Gasteiger partial charge in [-0.2, -0.15) is 0 Å². The maximum atomic E-state index is 4.42. The highest BCUT2D eigenvalue weighted by Crippen LogP contribution is 2.34. The van der Waals surface area contributed by atoms with Gasteiger partial charge in [-0.1, -0.05) is 60.6 Å². The van der Waals surface area contributed by atoms with E-state index < -0.39 is 0 Å². The van der Waals surface area contributed by atoms with Crippen molar-refractivity contribution in [3.63, 3.8) is 0 Å². The van der Waals surface area contributed by atoms with Gasteiger partial charge in [-0.3, -0.25) is 0 Å². The molecule has 2 nitrogen and oxygen atoms in total. The van der Waals surface area contributed by atoms with E-state index in [0.29, 0.717) is 11.8 Å². The Labute approximate surface area is 116 Å². The number of benzene rings is 1. The Kier molecular flexibility index (Phi) is 5.20. The fraction of sp³-hybridized carbons (Fsp3) is 0.471. The van der Waals surface area contributed by atoms with Crippen LogP contribution in [0.5, 0.6) is 0 Å². The molecule has 0 saturated carbocycles. The molecule has 2 rings (SSSR count). The first-order chi connectivity index (χ1) is 9.35. The molecule has 1 heterocycles. The van der Waals surface area contributed by atoms with Gasteiger partial charge in [-0.05, 0) is 30.7 Å². The summed E-state index contributed by atoms with van der Waals surface area (Å²) in [6.45, 7) is 4.51. The summed E-state index contributed by atoms with van der Waals surface area (Å²) in [6.07, 6.45) is 9.34. The van der Waals surface area contributed by atoms with Crippen molar-refractivity contribution in [2.75, 3.05) is 0 Å². The fourth-order valence-electron chi connectivity index (χ4n) is 2.90. The van der Waals surface area contributed by atoms with E-state index >= 15 is 0 Å². The molecule has 0 radical (unpaired) electrons. The Morgan fingerprint density at radius 2 is 1.74 bits per heavy atom. The normalized spacial score (nSPS) is 16.8. The van der Waals surface area contributed by atoms with Crippen LogP contribution in [-0.2, 0) is 6.42 Å². The largest absolute Gasteiger partial charge is 0.244 e. The van der Waals surface area contributed by atoms with Crippen molar-refractivity contribution >= 4 is 12.4 Å². The summed E-state index contributed by atoms with van der Waals surface area (Å²) in [6, 6.07) is 10.8. The molecule has 0 bridgehead atoms. The summed E-state index contributed by atoms with van der Waals surface area (Å²) in [5, 5.41) is 0. The highest BCUT2D eigenvalue weighted by atomic mass is 15.0. The Hall–Kier alpha value is -1.57. The van der Waals surface area contributed by atoms with Gasteiger partial charge in [0.05, 0.1) is 5.92 Å². The molecule has 1 aliphatic rings. The van der Waals surface area contributed by atoms with E-state index in [-0.39, 0.29) is 0 Å². The molecular formula is C17H23N2+. The van der Waals surface area contributed by atoms with E-state index in [1.807, 2.05) is 12.4 Å². The SMILES string of the molecule is CCCC(Cc1ccccc1)C(CC)[C+]1N=CC=N1. The van der Waals surface area contributed by atoms with Gasteiger partial charge in [-0.25, -0.2) is 0 Å². The molecule has 100 valence electrons. The van der Waals surface area contributed by atoms with Gasteiger partial charge in [0.15, 0.2) is 12.4 Å². The molecule has 0 spiro atoms. The van der Waals surface area contributed by atoms with Crippen molar-refractivity contribution in [1.82, 2.24) is 0 Å². The number of aliphatic imine (C=N–C) groups is 2. The summed E-state index contributed by atoms with van der Waals surface area (Å²) in [7, 11) is 0. The van der Waals surface area contributed by atoms with E-state index in [0.717, 1.165) is 19.0 Å². The third-order valence-corrected chi connectivity index (χ3v) is 3.82. The number of rotatable bonds is 7. The second kappa shape index (κ2) is 7.13. The molecular weight excluding hydrogens is 232 g/mol. The molecule has 2 unspecified atom stereocenters. The van der Waals surface area contributed by atoms with Crippen molar-refractivity contribution in [2.45, 2.75) is 39.5 Å². The minimum Gasteiger partial charge on any atom is -0.0965 e. The maximum Gasteiger partial charge on any atom is 0.244 e. The molecule has 0 aliphatic carbocycles. The van der Waals surface area contributed by atoms with E-state index in [1.165, 1.54) is 18.4 Å². The molecule has 1 aliphatic heterocycles. The lowest BCUT2D eigenvalue weighted by atomic mass is 9.80. The lowest BCUT2D eigenvalue weighted by Gasteiger charge is -2.24. The first-order valence-electron chi connectivity index (χ1n) is 7.32. The standard InChI is InChI=1S/C17H23N2/c1-3-8-15(13-14-9-6-5-7-10-14)16(4-2)17-18-11-12-19-17/h5-7,9-12,15-16H,3-4,8,13H2,1-2H3/q+1. The molecule has 19 heavy (non-hydrogen) atoms. The third-order valence-electron chi connectivity index (χ3n) is 3.82. The van der Waals surface area contributed by atoms with E-state index in [2.05, 4.69) is 54.2 Å². The lowest BCUT2D eigenvalue weighted by molar-refractivity contribution is 0.307. The Morgan fingerprint density at radius 3 is 2.32 bits per heavy atom. The van der Waals surface area contributed by atoms with Crippen molar-refractivity contribution in [3.8, 4) is 0 Å². The molecule has 0 saturated heterocycles. The Balaban J connectivity index is 2.09. The summed E-state index contributed by atoms with van der Waals surface area (Å²) in [5.74, 6) is 1.12. The first-order valence-corrected chi connectivity index (χ1v) is 7.32. The average molecular weight is 255 g/mol. The van der Waals surface area contributed by atoms with Crippen molar-refractivity contribution in [1.29, 1.82) is 0 Å².